The second-order valence-corrected chi connectivity index (χ2v) is 5.43. The van der Waals surface area contributed by atoms with Gasteiger partial charge in [-0.2, -0.15) is 0 Å². The summed E-state index contributed by atoms with van der Waals surface area (Å²) in [7, 11) is 0. The van der Waals surface area contributed by atoms with Crippen LogP contribution >= 0.6 is 0 Å². The molecule has 0 radical (unpaired) electrons. The zero-order valence-corrected chi connectivity index (χ0v) is 11.3. The Kier molecular flexibility index (Phi) is 3.44. The van der Waals surface area contributed by atoms with Gasteiger partial charge in [0.1, 0.15) is 0 Å². The quantitative estimate of drug-likeness (QED) is 0.850. The molecule has 1 aromatic rings. The van der Waals surface area contributed by atoms with Crippen molar-refractivity contribution in [3.63, 3.8) is 0 Å². The van der Waals surface area contributed by atoms with Gasteiger partial charge in [0.25, 0.3) is 5.91 Å². The average molecular weight is 274 g/mol. The summed E-state index contributed by atoms with van der Waals surface area (Å²) in [5, 5.41) is 12.2. The van der Waals surface area contributed by atoms with E-state index in [1.54, 1.807) is 17.0 Å². The number of carbonyl (C=O) groups excluding carboxylic acids is 2. The fourth-order valence-corrected chi connectivity index (χ4v) is 2.97. The van der Waals surface area contributed by atoms with Crippen molar-refractivity contribution in [3.05, 3.63) is 29.3 Å². The Morgan fingerprint density at radius 3 is 3.05 bits per heavy atom. The zero-order chi connectivity index (χ0) is 14.1. The normalized spacial score (nSPS) is 21.6. The van der Waals surface area contributed by atoms with Crippen LogP contribution in [0.1, 0.15) is 35.2 Å². The number of anilines is 1. The molecule has 2 aliphatic heterocycles. The molecule has 106 valence electrons. The van der Waals surface area contributed by atoms with Gasteiger partial charge in [0, 0.05) is 17.8 Å². The highest BCUT2D eigenvalue weighted by atomic mass is 16.3. The highest BCUT2D eigenvalue weighted by Gasteiger charge is 2.28. The molecule has 2 N–H and O–H groups in total. The average Bonchev–Trinajstić information content (AvgIpc) is 2.85. The first kappa shape index (κ1) is 13.1. The van der Waals surface area contributed by atoms with Crippen molar-refractivity contribution in [2.24, 2.45) is 0 Å². The molecule has 2 amide bonds. The number of amides is 2. The minimum atomic E-state index is -0.0842. The van der Waals surface area contributed by atoms with Crippen molar-refractivity contribution in [1.29, 1.82) is 0 Å². The summed E-state index contributed by atoms with van der Waals surface area (Å²) >= 11 is 0. The lowest BCUT2D eigenvalue weighted by molar-refractivity contribution is -0.115. The topological polar surface area (TPSA) is 69.6 Å². The summed E-state index contributed by atoms with van der Waals surface area (Å²) < 4.78 is 0. The largest absolute Gasteiger partial charge is 0.394 e. The fraction of sp³-hybridized carbons (Fsp3) is 0.467. The van der Waals surface area contributed by atoms with Crippen molar-refractivity contribution in [2.45, 2.75) is 31.7 Å². The fourth-order valence-electron chi connectivity index (χ4n) is 2.97. The lowest BCUT2D eigenvalue weighted by Crippen LogP contribution is -2.45. The van der Waals surface area contributed by atoms with E-state index in [9.17, 15) is 14.7 Å². The lowest BCUT2D eigenvalue weighted by atomic mass is 10.0. The number of nitrogens with zero attached hydrogens (tertiary/aromatic N) is 1. The van der Waals surface area contributed by atoms with E-state index >= 15 is 0 Å². The van der Waals surface area contributed by atoms with E-state index in [1.807, 2.05) is 6.07 Å². The summed E-state index contributed by atoms with van der Waals surface area (Å²) in [6.45, 7) is 0.695. The number of carbonyl (C=O) groups is 2. The molecule has 3 rings (SSSR count). The molecule has 1 atom stereocenters. The molecule has 1 unspecified atom stereocenters. The predicted octanol–water partition coefficient (Wildman–Crippen LogP) is 1.17. The van der Waals surface area contributed by atoms with Crippen LogP contribution in [0.5, 0.6) is 0 Å². The number of piperidine rings is 1. The third-order valence-electron chi connectivity index (χ3n) is 4.08. The van der Waals surface area contributed by atoms with Crippen LogP contribution in [0.4, 0.5) is 5.69 Å². The van der Waals surface area contributed by atoms with E-state index in [0.29, 0.717) is 18.5 Å². The highest BCUT2D eigenvalue weighted by molar-refractivity contribution is 6.02. The molecule has 2 heterocycles. The molecule has 1 fully saturated rings. The monoisotopic (exact) mass is 274 g/mol. The minimum Gasteiger partial charge on any atom is -0.394 e. The van der Waals surface area contributed by atoms with E-state index in [2.05, 4.69) is 5.32 Å². The molecule has 0 bridgehead atoms. The number of benzene rings is 1. The molecular formula is C15H18N2O3. The van der Waals surface area contributed by atoms with E-state index < -0.39 is 0 Å². The van der Waals surface area contributed by atoms with Gasteiger partial charge < -0.3 is 15.3 Å². The number of aliphatic hydroxyl groups is 1. The SMILES string of the molecule is O=C1Cc2ccc(C(=O)N3CCCCC3CO)cc2N1. The maximum Gasteiger partial charge on any atom is 0.254 e. The smallest absolute Gasteiger partial charge is 0.254 e. The van der Waals surface area contributed by atoms with Crippen LogP contribution in [-0.2, 0) is 11.2 Å². The lowest BCUT2D eigenvalue weighted by Gasteiger charge is -2.34. The van der Waals surface area contributed by atoms with Gasteiger partial charge >= 0.3 is 0 Å². The minimum absolute atomic E-state index is 0.00736. The van der Waals surface area contributed by atoms with Gasteiger partial charge in [-0.05, 0) is 37.0 Å². The Morgan fingerprint density at radius 2 is 2.25 bits per heavy atom. The van der Waals surface area contributed by atoms with Crippen LogP contribution in [0.25, 0.3) is 0 Å². The third kappa shape index (κ3) is 2.29. The van der Waals surface area contributed by atoms with Crippen molar-refractivity contribution in [2.75, 3.05) is 18.5 Å². The van der Waals surface area contributed by atoms with Crippen LogP contribution < -0.4 is 5.32 Å². The zero-order valence-electron chi connectivity index (χ0n) is 11.3. The van der Waals surface area contributed by atoms with Gasteiger partial charge in [-0.25, -0.2) is 0 Å². The van der Waals surface area contributed by atoms with Gasteiger partial charge in [0.15, 0.2) is 0 Å². The first-order valence-electron chi connectivity index (χ1n) is 7.03. The molecule has 0 saturated carbocycles. The van der Waals surface area contributed by atoms with Gasteiger partial charge in [-0.3, -0.25) is 9.59 Å². The van der Waals surface area contributed by atoms with Crippen molar-refractivity contribution in [1.82, 2.24) is 4.90 Å². The van der Waals surface area contributed by atoms with E-state index in [1.165, 1.54) is 0 Å². The molecule has 0 aliphatic carbocycles. The molecular weight excluding hydrogens is 256 g/mol. The molecule has 0 spiro atoms. The summed E-state index contributed by atoms with van der Waals surface area (Å²) in [5.74, 6) is -0.0940. The summed E-state index contributed by atoms with van der Waals surface area (Å²) in [6, 6.07) is 5.26. The predicted molar refractivity (Wildman–Crippen MR) is 74.5 cm³/mol. The third-order valence-corrected chi connectivity index (χ3v) is 4.08. The van der Waals surface area contributed by atoms with Crippen LogP contribution in [0.3, 0.4) is 0 Å². The Labute approximate surface area is 117 Å². The van der Waals surface area contributed by atoms with Crippen molar-refractivity contribution >= 4 is 17.5 Å². The number of hydrogen-bond acceptors (Lipinski definition) is 3. The number of fused-ring (bicyclic) bond motifs is 1. The van der Waals surface area contributed by atoms with E-state index in [4.69, 9.17) is 0 Å². The summed E-state index contributed by atoms with van der Waals surface area (Å²) in [4.78, 5) is 25.6. The number of hydrogen-bond donors (Lipinski definition) is 2. The Bertz CT molecular complexity index is 556. The molecule has 0 aromatic heterocycles. The molecule has 20 heavy (non-hydrogen) atoms. The van der Waals surface area contributed by atoms with Crippen LogP contribution in [0, 0.1) is 0 Å². The Hall–Kier alpha value is -1.88. The second kappa shape index (κ2) is 5.25. The maximum absolute atomic E-state index is 12.6. The van der Waals surface area contributed by atoms with E-state index in [0.717, 1.165) is 30.5 Å². The van der Waals surface area contributed by atoms with Gasteiger partial charge in [0.2, 0.25) is 5.91 Å². The van der Waals surface area contributed by atoms with Gasteiger partial charge in [-0.15, -0.1) is 0 Å². The van der Waals surface area contributed by atoms with Crippen LogP contribution in [-0.4, -0.2) is 41.0 Å². The highest BCUT2D eigenvalue weighted by Crippen LogP contribution is 2.26. The number of aliphatic hydroxyl groups excluding tert-OH is 1. The van der Waals surface area contributed by atoms with E-state index in [-0.39, 0.29) is 24.5 Å². The van der Waals surface area contributed by atoms with Crippen molar-refractivity contribution < 1.29 is 14.7 Å². The number of nitrogens with one attached hydrogen (secondary N) is 1. The van der Waals surface area contributed by atoms with Crippen molar-refractivity contribution in [3.8, 4) is 0 Å². The second-order valence-electron chi connectivity index (χ2n) is 5.43. The molecule has 1 aromatic carbocycles. The standard InChI is InChI=1S/C15H18N2O3/c18-9-12-3-1-2-6-17(12)15(20)11-5-4-10-8-14(19)16-13(10)7-11/h4-5,7,12,18H,1-3,6,8-9H2,(H,16,19). The maximum atomic E-state index is 12.6. The first-order chi connectivity index (χ1) is 9.69. The molecule has 2 aliphatic rings. The van der Waals surface area contributed by atoms with Gasteiger partial charge in [0.05, 0.1) is 19.1 Å². The number of likely N-dealkylation sites (tertiary alicyclic amines) is 1. The Balaban J connectivity index is 1.83. The Morgan fingerprint density at radius 1 is 1.40 bits per heavy atom. The molecule has 1 saturated heterocycles. The van der Waals surface area contributed by atoms with Crippen LogP contribution in [0.15, 0.2) is 18.2 Å². The first-order valence-corrected chi connectivity index (χ1v) is 7.03. The number of rotatable bonds is 2. The molecule has 5 heteroatoms. The molecule has 5 nitrogen and oxygen atoms in total. The summed E-state index contributed by atoms with van der Waals surface area (Å²) in [6.07, 6.45) is 3.26. The summed E-state index contributed by atoms with van der Waals surface area (Å²) in [5.41, 5.74) is 2.24. The van der Waals surface area contributed by atoms with Gasteiger partial charge in [-0.1, -0.05) is 6.07 Å². The van der Waals surface area contributed by atoms with Crippen LogP contribution in [0.2, 0.25) is 0 Å².